The second-order valence-electron chi connectivity index (χ2n) is 9.10. The summed E-state index contributed by atoms with van der Waals surface area (Å²) < 4.78 is 65.1. The number of rotatable bonds is 8. The summed E-state index contributed by atoms with van der Waals surface area (Å²) in [6.07, 6.45) is -4.12. The maximum Gasteiger partial charge on any atom is 0.393 e. The highest BCUT2D eigenvalue weighted by molar-refractivity contribution is 5.85. The van der Waals surface area contributed by atoms with Gasteiger partial charge in [-0.1, -0.05) is 0 Å². The van der Waals surface area contributed by atoms with Crippen molar-refractivity contribution in [3.63, 3.8) is 0 Å². The van der Waals surface area contributed by atoms with Crippen LogP contribution in [0.2, 0.25) is 0 Å². The molecule has 36 heavy (non-hydrogen) atoms. The Bertz CT molecular complexity index is 1040. The first kappa shape index (κ1) is 27.7. The first-order valence-corrected chi connectivity index (χ1v) is 11.5. The predicted molar refractivity (Wildman–Crippen MR) is 130 cm³/mol. The Labute approximate surface area is 213 Å². The number of carbonyl (C=O) groups is 1. The molecule has 2 aliphatic rings. The summed E-state index contributed by atoms with van der Waals surface area (Å²) in [5.41, 5.74) is 1.03. The average molecular weight is 533 g/mol. The molecule has 2 aromatic carbocycles. The first-order valence-electron chi connectivity index (χ1n) is 11.5. The van der Waals surface area contributed by atoms with Gasteiger partial charge in [0.1, 0.15) is 17.3 Å². The Morgan fingerprint density at radius 3 is 2.44 bits per heavy atom. The lowest BCUT2D eigenvalue weighted by atomic mass is 10.0. The lowest BCUT2D eigenvalue weighted by molar-refractivity contribution is -0.169. The summed E-state index contributed by atoms with van der Waals surface area (Å²) in [5, 5.41) is 9.12. The molecule has 2 fully saturated rings. The SMILES string of the molecule is COc1ccc(F)c(N2CC[C@H](COc3ccc(N4C[C@H](C(F)(F)F)C[C@@H]4CC(=O)O)cc3)C2)c1.Cl. The van der Waals surface area contributed by atoms with E-state index >= 15 is 0 Å². The molecular formula is C25H29ClF4N2O4. The van der Waals surface area contributed by atoms with Crippen molar-refractivity contribution < 1.29 is 36.9 Å². The molecule has 1 N–H and O–H groups in total. The molecule has 2 aliphatic heterocycles. The van der Waals surface area contributed by atoms with Gasteiger partial charge in [-0.15, -0.1) is 12.4 Å². The minimum atomic E-state index is -4.36. The van der Waals surface area contributed by atoms with E-state index in [1.54, 1.807) is 36.4 Å². The maximum absolute atomic E-state index is 14.3. The number of benzene rings is 2. The second-order valence-corrected chi connectivity index (χ2v) is 9.10. The van der Waals surface area contributed by atoms with Crippen LogP contribution in [0.1, 0.15) is 19.3 Å². The minimum absolute atomic E-state index is 0. The Kier molecular flexibility index (Phi) is 8.81. The van der Waals surface area contributed by atoms with Gasteiger partial charge in [0.2, 0.25) is 0 Å². The van der Waals surface area contributed by atoms with E-state index in [1.807, 2.05) is 4.90 Å². The normalized spacial score (nSPS) is 21.9. The molecule has 6 nitrogen and oxygen atoms in total. The van der Waals surface area contributed by atoms with Crippen LogP contribution in [0.15, 0.2) is 42.5 Å². The van der Waals surface area contributed by atoms with E-state index in [9.17, 15) is 22.4 Å². The Hall–Kier alpha value is -2.88. The molecule has 11 heteroatoms. The predicted octanol–water partition coefficient (Wildman–Crippen LogP) is 5.39. The van der Waals surface area contributed by atoms with Crippen LogP contribution in [-0.4, -0.2) is 56.6 Å². The number of aliphatic carboxylic acids is 1. The van der Waals surface area contributed by atoms with E-state index < -0.39 is 24.1 Å². The Balaban J connectivity index is 0.00000361. The van der Waals surface area contributed by atoms with Gasteiger partial charge in [-0.25, -0.2) is 4.39 Å². The molecule has 0 spiro atoms. The minimum Gasteiger partial charge on any atom is -0.497 e. The molecule has 0 aromatic heterocycles. The molecular weight excluding hydrogens is 504 g/mol. The number of nitrogens with zero attached hydrogens (tertiary/aromatic N) is 2. The lowest BCUT2D eigenvalue weighted by Gasteiger charge is -2.26. The topological polar surface area (TPSA) is 62.2 Å². The summed E-state index contributed by atoms with van der Waals surface area (Å²) in [6.45, 7) is 1.48. The molecule has 0 bridgehead atoms. The molecule has 0 unspecified atom stereocenters. The fraction of sp³-hybridized carbons (Fsp3) is 0.480. The average Bonchev–Trinajstić information content (AvgIpc) is 3.45. The number of alkyl halides is 3. The van der Waals surface area contributed by atoms with Crippen LogP contribution >= 0.6 is 12.4 Å². The molecule has 0 saturated carbocycles. The zero-order chi connectivity index (χ0) is 25.2. The molecule has 0 aliphatic carbocycles. The van der Waals surface area contributed by atoms with Crippen molar-refractivity contribution in [1.82, 2.24) is 0 Å². The quantitative estimate of drug-likeness (QED) is 0.460. The number of anilines is 2. The zero-order valence-corrected chi connectivity index (χ0v) is 20.5. The van der Waals surface area contributed by atoms with Gasteiger partial charge in [0, 0.05) is 43.3 Å². The molecule has 2 heterocycles. The van der Waals surface area contributed by atoms with Crippen molar-refractivity contribution in [1.29, 1.82) is 0 Å². The third-order valence-electron chi connectivity index (χ3n) is 6.72. The number of hydrogen-bond acceptors (Lipinski definition) is 5. The largest absolute Gasteiger partial charge is 0.497 e. The highest BCUT2D eigenvalue weighted by Gasteiger charge is 2.47. The fourth-order valence-corrected chi connectivity index (χ4v) is 4.86. The number of ether oxygens (including phenoxy) is 2. The Morgan fingerprint density at radius 1 is 1.11 bits per heavy atom. The maximum atomic E-state index is 14.3. The van der Waals surface area contributed by atoms with Gasteiger partial charge in [-0.05, 0) is 49.2 Å². The van der Waals surface area contributed by atoms with Gasteiger partial charge in [0.25, 0.3) is 0 Å². The van der Waals surface area contributed by atoms with E-state index in [1.165, 1.54) is 18.1 Å². The number of carboxylic acids is 1. The number of methoxy groups -OCH3 is 1. The van der Waals surface area contributed by atoms with Crippen LogP contribution in [0.25, 0.3) is 0 Å². The summed E-state index contributed by atoms with van der Waals surface area (Å²) in [7, 11) is 1.54. The second kappa shape index (κ2) is 11.5. The molecule has 4 rings (SSSR count). The van der Waals surface area contributed by atoms with Crippen molar-refractivity contribution in [3.8, 4) is 11.5 Å². The van der Waals surface area contributed by atoms with Crippen LogP contribution in [-0.2, 0) is 4.79 Å². The van der Waals surface area contributed by atoms with Gasteiger partial charge < -0.3 is 24.4 Å². The van der Waals surface area contributed by atoms with Gasteiger partial charge >= 0.3 is 12.1 Å². The van der Waals surface area contributed by atoms with E-state index in [0.29, 0.717) is 42.6 Å². The van der Waals surface area contributed by atoms with Crippen molar-refractivity contribution in [2.45, 2.75) is 31.5 Å². The number of hydrogen-bond donors (Lipinski definition) is 1. The van der Waals surface area contributed by atoms with Gasteiger partial charge in [-0.3, -0.25) is 4.79 Å². The summed E-state index contributed by atoms with van der Waals surface area (Å²) in [4.78, 5) is 14.6. The highest BCUT2D eigenvalue weighted by Crippen LogP contribution is 2.40. The third-order valence-corrected chi connectivity index (χ3v) is 6.72. The van der Waals surface area contributed by atoms with E-state index in [4.69, 9.17) is 14.6 Å². The molecule has 2 aromatic rings. The van der Waals surface area contributed by atoms with Gasteiger partial charge in [0.15, 0.2) is 0 Å². The number of carboxylic acid groups (broad SMARTS) is 1. The van der Waals surface area contributed by atoms with Gasteiger partial charge in [0.05, 0.1) is 31.7 Å². The summed E-state index contributed by atoms with van der Waals surface area (Å²) in [5.74, 6) is -1.64. The molecule has 3 atom stereocenters. The molecule has 2 saturated heterocycles. The van der Waals surface area contributed by atoms with E-state index in [0.717, 1.165) is 6.42 Å². The zero-order valence-electron chi connectivity index (χ0n) is 19.7. The highest BCUT2D eigenvalue weighted by atomic mass is 35.5. The van der Waals surface area contributed by atoms with Crippen molar-refractivity contribution in [3.05, 3.63) is 48.3 Å². The van der Waals surface area contributed by atoms with Crippen LogP contribution in [0.3, 0.4) is 0 Å². The van der Waals surface area contributed by atoms with Crippen LogP contribution in [0.5, 0.6) is 11.5 Å². The van der Waals surface area contributed by atoms with E-state index in [-0.39, 0.29) is 43.5 Å². The number of halogens is 5. The van der Waals surface area contributed by atoms with Gasteiger partial charge in [-0.2, -0.15) is 13.2 Å². The fourth-order valence-electron chi connectivity index (χ4n) is 4.86. The summed E-state index contributed by atoms with van der Waals surface area (Å²) in [6, 6.07) is 10.6. The van der Waals surface area contributed by atoms with Crippen LogP contribution < -0.4 is 19.3 Å². The monoisotopic (exact) mass is 532 g/mol. The molecule has 0 radical (unpaired) electrons. The first-order chi connectivity index (χ1) is 16.6. The van der Waals surface area contributed by atoms with Crippen molar-refractivity contribution >= 4 is 29.8 Å². The Morgan fingerprint density at radius 2 is 1.81 bits per heavy atom. The van der Waals surface area contributed by atoms with Crippen molar-refractivity contribution in [2.75, 3.05) is 43.2 Å². The lowest BCUT2D eigenvalue weighted by Crippen LogP contribution is -2.32. The third kappa shape index (κ3) is 6.46. The van der Waals surface area contributed by atoms with E-state index in [2.05, 4.69) is 0 Å². The summed E-state index contributed by atoms with van der Waals surface area (Å²) >= 11 is 0. The standard InChI is InChI=1S/C25H28F4N2O4.ClH/c1-34-21-6-7-22(26)23(12-21)30-9-8-16(13-30)15-35-20-4-2-18(3-5-20)31-14-17(25(27,28)29)10-19(31)11-24(32)33;/h2-7,12,16-17,19H,8-11,13-15H2,1H3,(H,32,33);1H/t16-,17+,19+;/m0./s1. The van der Waals surface area contributed by atoms with Crippen LogP contribution in [0, 0.1) is 17.7 Å². The molecule has 0 amide bonds. The van der Waals surface area contributed by atoms with Crippen LogP contribution in [0.4, 0.5) is 28.9 Å². The molecule has 198 valence electrons. The smallest absolute Gasteiger partial charge is 0.393 e. The van der Waals surface area contributed by atoms with Crippen molar-refractivity contribution in [2.24, 2.45) is 11.8 Å².